The van der Waals surface area contributed by atoms with Crippen molar-refractivity contribution in [3.05, 3.63) is 70.9 Å². The molecule has 1 aromatic heterocycles. The molecule has 2 aromatic carbocycles. The average Bonchev–Trinajstić information content (AvgIpc) is 3.36. The van der Waals surface area contributed by atoms with Crippen LogP contribution in [0.2, 0.25) is 5.02 Å². The normalized spacial score (nSPS) is 13.3. The predicted molar refractivity (Wildman–Crippen MR) is 109 cm³/mol. The maximum absolute atomic E-state index is 12.3. The highest BCUT2D eigenvalue weighted by molar-refractivity contribution is 6.30. The highest BCUT2D eigenvalue weighted by Crippen LogP contribution is 2.32. The Labute approximate surface area is 174 Å². The van der Waals surface area contributed by atoms with E-state index in [9.17, 15) is 4.79 Å². The molecule has 0 radical (unpaired) electrons. The molecule has 150 valence electrons. The molecule has 2 N–H and O–H groups in total. The van der Waals surface area contributed by atoms with Gasteiger partial charge in [0.1, 0.15) is 12.3 Å². The van der Waals surface area contributed by atoms with Crippen LogP contribution in [-0.2, 0) is 17.9 Å². The van der Waals surface area contributed by atoms with Crippen LogP contribution in [-0.4, -0.2) is 26.3 Å². The molecule has 2 heterocycles. The zero-order valence-corrected chi connectivity index (χ0v) is 16.8. The van der Waals surface area contributed by atoms with Crippen LogP contribution in [0.4, 0.5) is 0 Å². The van der Waals surface area contributed by atoms with Crippen molar-refractivity contribution in [3.63, 3.8) is 0 Å². The molecule has 1 aliphatic heterocycles. The second kappa shape index (κ2) is 8.59. The SMILES string of the molecule is C[NH+](CC(=O)NCc1ccc2c(c1)OCO2)Cc1ccc(-c2ccc(Cl)cc2)o1. The molecule has 0 fully saturated rings. The van der Waals surface area contributed by atoms with E-state index in [4.69, 9.17) is 25.5 Å². The minimum absolute atomic E-state index is 0.0235. The van der Waals surface area contributed by atoms with Crippen molar-refractivity contribution < 1.29 is 23.6 Å². The summed E-state index contributed by atoms with van der Waals surface area (Å²) in [6.45, 7) is 1.66. The van der Waals surface area contributed by atoms with Crippen LogP contribution in [0.15, 0.2) is 59.0 Å². The molecular formula is C22H22ClN2O4+. The largest absolute Gasteiger partial charge is 0.455 e. The Morgan fingerprint density at radius 3 is 2.69 bits per heavy atom. The third kappa shape index (κ3) is 4.91. The lowest BCUT2D eigenvalue weighted by Gasteiger charge is -2.12. The highest BCUT2D eigenvalue weighted by Gasteiger charge is 2.15. The van der Waals surface area contributed by atoms with Crippen molar-refractivity contribution in [2.24, 2.45) is 0 Å². The Kier molecular flexibility index (Phi) is 5.74. The summed E-state index contributed by atoms with van der Waals surface area (Å²) >= 11 is 5.93. The maximum Gasteiger partial charge on any atom is 0.275 e. The van der Waals surface area contributed by atoms with Gasteiger partial charge in [0.25, 0.3) is 5.91 Å². The number of hydrogen-bond donors (Lipinski definition) is 2. The summed E-state index contributed by atoms with van der Waals surface area (Å²) in [6, 6.07) is 17.1. The first-order valence-corrected chi connectivity index (χ1v) is 9.76. The molecule has 29 heavy (non-hydrogen) atoms. The molecule has 1 unspecified atom stereocenters. The summed E-state index contributed by atoms with van der Waals surface area (Å²) < 4.78 is 16.6. The molecule has 7 heteroatoms. The van der Waals surface area contributed by atoms with E-state index in [0.717, 1.165) is 33.3 Å². The molecular weight excluding hydrogens is 392 g/mol. The first-order valence-electron chi connectivity index (χ1n) is 9.38. The lowest BCUT2D eigenvalue weighted by atomic mass is 10.2. The van der Waals surface area contributed by atoms with Crippen LogP contribution < -0.4 is 19.7 Å². The molecule has 3 aromatic rings. The van der Waals surface area contributed by atoms with Gasteiger partial charge < -0.3 is 24.1 Å². The summed E-state index contributed by atoms with van der Waals surface area (Å²) in [5.74, 6) is 3.05. The third-order valence-electron chi connectivity index (χ3n) is 4.66. The molecule has 0 saturated heterocycles. The molecule has 4 rings (SSSR count). The average molecular weight is 414 g/mol. The minimum atomic E-state index is -0.0235. The van der Waals surface area contributed by atoms with Crippen molar-refractivity contribution in [1.29, 1.82) is 0 Å². The summed E-state index contributed by atoms with van der Waals surface area (Å²) in [7, 11) is 1.96. The van der Waals surface area contributed by atoms with Crippen LogP contribution in [0.3, 0.4) is 0 Å². The van der Waals surface area contributed by atoms with Gasteiger partial charge in [-0.1, -0.05) is 17.7 Å². The van der Waals surface area contributed by atoms with Crippen LogP contribution in [0.25, 0.3) is 11.3 Å². The van der Waals surface area contributed by atoms with Crippen molar-refractivity contribution in [1.82, 2.24) is 5.32 Å². The van der Waals surface area contributed by atoms with E-state index in [1.165, 1.54) is 0 Å². The number of carbonyl (C=O) groups excluding carboxylic acids is 1. The highest BCUT2D eigenvalue weighted by atomic mass is 35.5. The predicted octanol–water partition coefficient (Wildman–Crippen LogP) is 2.66. The van der Waals surface area contributed by atoms with Gasteiger partial charge in [-0.05, 0) is 54.1 Å². The van der Waals surface area contributed by atoms with Gasteiger partial charge in [0.05, 0.1) is 7.05 Å². The Hall–Kier alpha value is -2.96. The molecule has 1 aliphatic rings. The number of amides is 1. The fraction of sp³-hybridized carbons (Fsp3) is 0.227. The van der Waals surface area contributed by atoms with Crippen LogP contribution in [0.1, 0.15) is 11.3 Å². The van der Waals surface area contributed by atoms with Gasteiger partial charge in [0, 0.05) is 17.1 Å². The number of hydrogen-bond acceptors (Lipinski definition) is 4. The number of likely N-dealkylation sites (N-methyl/N-ethyl adjacent to an activating group) is 1. The first kappa shape index (κ1) is 19.4. The topological polar surface area (TPSA) is 65.1 Å². The van der Waals surface area contributed by atoms with Gasteiger partial charge in [-0.15, -0.1) is 0 Å². The summed E-state index contributed by atoms with van der Waals surface area (Å²) in [5.41, 5.74) is 1.94. The standard InChI is InChI=1S/C22H21ClN2O4/c1-25(12-18-7-9-19(29-18)16-3-5-17(23)6-4-16)13-22(26)24-11-15-2-8-20-21(10-15)28-14-27-20/h2-10H,11-14H2,1H3,(H,24,26)/p+1. The second-order valence-corrected chi connectivity index (χ2v) is 7.48. The number of quaternary nitrogens is 1. The van der Waals surface area contributed by atoms with E-state index in [1.54, 1.807) is 0 Å². The van der Waals surface area contributed by atoms with Crippen LogP contribution in [0, 0.1) is 0 Å². The molecule has 0 bridgehead atoms. The van der Waals surface area contributed by atoms with E-state index in [2.05, 4.69) is 5.32 Å². The van der Waals surface area contributed by atoms with Crippen molar-refractivity contribution in [3.8, 4) is 22.8 Å². The lowest BCUT2D eigenvalue weighted by molar-refractivity contribution is -0.886. The zero-order valence-electron chi connectivity index (χ0n) is 16.0. The maximum atomic E-state index is 12.3. The molecule has 1 atom stereocenters. The van der Waals surface area contributed by atoms with E-state index in [1.807, 2.05) is 61.6 Å². The lowest BCUT2D eigenvalue weighted by Crippen LogP contribution is -3.08. The number of nitrogens with one attached hydrogen (secondary N) is 2. The number of fused-ring (bicyclic) bond motifs is 1. The van der Waals surface area contributed by atoms with Gasteiger partial charge in [-0.3, -0.25) is 4.79 Å². The Morgan fingerprint density at radius 2 is 1.86 bits per heavy atom. The summed E-state index contributed by atoms with van der Waals surface area (Å²) in [6.07, 6.45) is 0. The Bertz CT molecular complexity index is 1000. The summed E-state index contributed by atoms with van der Waals surface area (Å²) in [5, 5.41) is 3.64. The molecule has 0 saturated carbocycles. The van der Waals surface area contributed by atoms with Crippen molar-refractivity contribution in [2.75, 3.05) is 20.4 Å². The number of halogens is 1. The third-order valence-corrected chi connectivity index (χ3v) is 4.91. The summed E-state index contributed by atoms with van der Waals surface area (Å²) in [4.78, 5) is 13.3. The second-order valence-electron chi connectivity index (χ2n) is 7.05. The van der Waals surface area contributed by atoms with E-state index < -0.39 is 0 Å². The smallest absolute Gasteiger partial charge is 0.275 e. The molecule has 0 aliphatic carbocycles. The number of rotatable bonds is 7. The van der Waals surface area contributed by atoms with Gasteiger partial charge in [-0.2, -0.15) is 0 Å². The van der Waals surface area contributed by atoms with E-state index in [-0.39, 0.29) is 12.7 Å². The number of ether oxygens (including phenoxy) is 2. The van der Waals surface area contributed by atoms with Crippen LogP contribution in [0.5, 0.6) is 11.5 Å². The van der Waals surface area contributed by atoms with Crippen molar-refractivity contribution in [2.45, 2.75) is 13.1 Å². The monoisotopic (exact) mass is 413 g/mol. The fourth-order valence-corrected chi connectivity index (χ4v) is 3.32. The number of benzene rings is 2. The Morgan fingerprint density at radius 1 is 1.07 bits per heavy atom. The number of carbonyl (C=O) groups is 1. The van der Waals surface area contributed by atoms with Gasteiger partial charge in [0.2, 0.25) is 6.79 Å². The van der Waals surface area contributed by atoms with Crippen LogP contribution >= 0.6 is 11.6 Å². The molecule has 6 nitrogen and oxygen atoms in total. The quantitative estimate of drug-likeness (QED) is 0.625. The fourth-order valence-electron chi connectivity index (χ4n) is 3.19. The minimum Gasteiger partial charge on any atom is -0.455 e. The van der Waals surface area contributed by atoms with Gasteiger partial charge in [-0.25, -0.2) is 0 Å². The van der Waals surface area contributed by atoms with E-state index in [0.29, 0.717) is 30.4 Å². The Balaban J connectivity index is 1.26. The van der Waals surface area contributed by atoms with Crippen molar-refractivity contribution >= 4 is 17.5 Å². The van der Waals surface area contributed by atoms with E-state index >= 15 is 0 Å². The van der Waals surface area contributed by atoms with Gasteiger partial charge in [0.15, 0.2) is 23.8 Å². The van der Waals surface area contributed by atoms with Gasteiger partial charge >= 0.3 is 0 Å². The molecule has 1 amide bonds. The molecule has 0 spiro atoms. The number of furan rings is 1. The first-order chi connectivity index (χ1) is 14.1. The zero-order chi connectivity index (χ0) is 20.2.